The Bertz CT molecular complexity index is 609. The van der Waals surface area contributed by atoms with Crippen molar-refractivity contribution in [3.63, 3.8) is 0 Å². The number of rotatable bonds is 4. The molecule has 7 nitrogen and oxygen atoms in total. The molecule has 0 radical (unpaired) electrons. The molecule has 8 heteroatoms. The highest BCUT2D eigenvalue weighted by molar-refractivity contribution is 7.88. The number of carbonyl (C=O) groups is 1. The zero-order chi connectivity index (χ0) is 15.6. The summed E-state index contributed by atoms with van der Waals surface area (Å²) in [6, 6.07) is 1.54. The van der Waals surface area contributed by atoms with E-state index in [1.54, 1.807) is 11.0 Å². The van der Waals surface area contributed by atoms with Crippen LogP contribution in [0.5, 0.6) is 0 Å². The SMILES string of the molecule is CC(C)c1cc(C(=O)N2CCCC(NS(C)(=O)=O)C2)n[nH]1. The molecule has 1 atom stereocenters. The molecule has 1 fully saturated rings. The average molecular weight is 314 g/mol. The molecule has 1 unspecified atom stereocenters. The Labute approximate surface area is 125 Å². The lowest BCUT2D eigenvalue weighted by Crippen LogP contribution is -2.49. The number of hydrogen-bond donors (Lipinski definition) is 2. The van der Waals surface area contributed by atoms with E-state index in [1.165, 1.54) is 0 Å². The Morgan fingerprint density at radius 3 is 2.81 bits per heavy atom. The van der Waals surface area contributed by atoms with Crippen molar-refractivity contribution in [3.8, 4) is 0 Å². The number of carbonyl (C=O) groups excluding carboxylic acids is 1. The highest BCUT2D eigenvalue weighted by atomic mass is 32.2. The van der Waals surface area contributed by atoms with E-state index in [9.17, 15) is 13.2 Å². The Morgan fingerprint density at radius 1 is 1.52 bits per heavy atom. The van der Waals surface area contributed by atoms with E-state index in [-0.39, 0.29) is 17.9 Å². The summed E-state index contributed by atoms with van der Waals surface area (Å²) in [6.45, 7) is 5.06. The molecule has 21 heavy (non-hydrogen) atoms. The van der Waals surface area contributed by atoms with Gasteiger partial charge in [0.15, 0.2) is 0 Å². The molecule has 1 aromatic rings. The van der Waals surface area contributed by atoms with E-state index in [2.05, 4.69) is 14.9 Å². The molecule has 1 amide bonds. The van der Waals surface area contributed by atoms with Crippen LogP contribution in [0.1, 0.15) is 48.8 Å². The molecule has 1 aromatic heterocycles. The van der Waals surface area contributed by atoms with Crippen LogP contribution in [-0.2, 0) is 10.0 Å². The number of H-pyrrole nitrogens is 1. The first-order valence-electron chi connectivity index (χ1n) is 7.08. The predicted octanol–water partition coefficient (Wildman–Crippen LogP) is 0.687. The maximum Gasteiger partial charge on any atom is 0.274 e. The van der Waals surface area contributed by atoms with Crippen molar-refractivity contribution in [2.45, 2.75) is 38.6 Å². The second kappa shape index (κ2) is 6.15. The summed E-state index contributed by atoms with van der Waals surface area (Å²) in [5, 5.41) is 6.92. The number of amides is 1. The second-order valence-electron chi connectivity index (χ2n) is 5.84. The van der Waals surface area contributed by atoms with Crippen molar-refractivity contribution in [2.24, 2.45) is 0 Å². The van der Waals surface area contributed by atoms with E-state index in [0.29, 0.717) is 18.8 Å². The molecular formula is C13H22N4O3S. The lowest BCUT2D eigenvalue weighted by atomic mass is 10.1. The molecule has 1 aliphatic rings. The van der Waals surface area contributed by atoms with Gasteiger partial charge in [-0.2, -0.15) is 5.10 Å². The van der Waals surface area contributed by atoms with Crippen molar-refractivity contribution >= 4 is 15.9 Å². The van der Waals surface area contributed by atoms with Crippen LogP contribution in [0.3, 0.4) is 0 Å². The van der Waals surface area contributed by atoms with E-state index in [0.717, 1.165) is 24.8 Å². The quantitative estimate of drug-likeness (QED) is 0.854. The smallest absolute Gasteiger partial charge is 0.274 e. The number of piperidine rings is 1. The molecule has 0 aromatic carbocycles. The molecule has 2 N–H and O–H groups in total. The van der Waals surface area contributed by atoms with Gasteiger partial charge in [0.05, 0.1) is 6.26 Å². The number of hydrogen-bond acceptors (Lipinski definition) is 4. The summed E-state index contributed by atoms with van der Waals surface area (Å²) in [5.41, 5.74) is 1.31. The van der Waals surface area contributed by atoms with Crippen LogP contribution in [0, 0.1) is 0 Å². The molecule has 1 saturated heterocycles. The van der Waals surface area contributed by atoms with Crippen molar-refractivity contribution in [1.29, 1.82) is 0 Å². The summed E-state index contributed by atoms with van der Waals surface area (Å²) in [7, 11) is -3.25. The van der Waals surface area contributed by atoms with Gasteiger partial charge in [0.2, 0.25) is 10.0 Å². The maximum atomic E-state index is 12.4. The van der Waals surface area contributed by atoms with Crippen LogP contribution >= 0.6 is 0 Å². The van der Waals surface area contributed by atoms with Gasteiger partial charge in [-0.25, -0.2) is 13.1 Å². The fourth-order valence-corrected chi connectivity index (χ4v) is 3.26. The number of nitrogens with one attached hydrogen (secondary N) is 2. The van der Waals surface area contributed by atoms with Gasteiger partial charge in [-0.1, -0.05) is 13.8 Å². The maximum absolute atomic E-state index is 12.4. The van der Waals surface area contributed by atoms with E-state index in [1.807, 2.05) is 13.8 Å². The van der Waals surface area contributed by atoms with Gasteiger partial charge in [0.1, 0.15) is 5.69 Å². The Balaban J connectivity index is 2.04. The average Bonchev–Trinajstić information content (AvgIpc) is 2.85. The summed E-state index contributed by atoms with van der Waals surface area (Å²) in [5.74, 6) is 0.123. The predicted molar refractivity (Wildman–Crippen MR) is 79.6 cm³/mol. The van der Waals surface area contributed by atoms with Gasteiger partial charge >= 0.3 is 0 Å². The summed E-state index contributed by atoms with van der Waals surface area (Å²) in [6.07, 6.45) is 2.66. The minimum atomic E-state index is -3.25. The molecule has 1 aliphatic heterocycles. The fraction of sp³-hybridized carbons (Fsp3) is 0.692. The van der Waals surface area contributed by atoms with Crippen molar-refractivity contribution in [1.82, 2.24) is 19.8 Å². The molecule has 0 aliphatic carbocycles. The van der Waals surface area contributed by atoms with Crippen LogP contribution in [0.4, 0.5) is 0 Å². The molecule has 0 spiro atoms. The fourth-order valence-electron chi connectivity index (χ4n) is 2.46. The van der Waals surface area contributed by atoms with Gasteiger partial charge in [-0.15, -0.1) is 0 Å². The molecule has 2 heterocycles. The zero-order valence-electron chi connectivity index (χ0n) is 12.6. The third-order valence-electron chi connectivity index (χ3n) is 3.53. The lowest BCUT2D eigenvalue weighted by Gasteiger charge is -2.32. The summed E-state index contributed by atoms with van der Waals surface area (Å²) < 4.78 is 25.2. The number of likely N-dealkylation sites (tertiary alicyclic amines) is 1. The van der Waals surface area contributed by atoms with Crippen LogP contribution in [0.15, 0.2) is 6.07 Å². The number of aromatic amines is 1. The van der Waals surface area contributed by atoms with Gasteiger partial charge in [0.25, 0.3) is 5.91 Å². The van der Waals surface area contributed by atoms with Crippen LogP contribution < -0.4 is 4.72 Å². The van der Waals surface area contributed by atoms with Gasteiger partial charge in [-0.3, -0.25) is 9.89 Å². The summed E-state index contributed by atoms with van der Waals surface area (Å²) in [4.78, 5) is 14.1. The number of sulfonamides is 1. The lowest BCUT2D eigenvalue weighted by molar-refractivity contribution is 0.0697. The Morgan fingerprint density at radius 2 is 2.24 bits per heavy atom. The normalized spacial score (nSPS) is 20.0. The first-order chi connectivity index (χ1) is 9.76. The molecule has 2 rings (SSSR count). The first kappa shape index (κ1) is 16.0. The number of nitrogens with zero attached hydrogens (tertiary/aromatic N) is 2. The summed E-state index contributed by atoms with van der Waals surface area (Å²) >= 11 is 0. The Kier molecular flexibility index (Phi) is 4.67. The highest BCUT2D eigenvalue weighted by Crippen LogP contribution is 2.16. The van der Waals surface area contributed by atoms with Crippen LogP contribution in [0.2, 0.25) is 0 Å². The van der Waals surface area contributed by atoms with Gasteiger partial charge in [0, 0.05) is 24.8 Å². The topological polar surface area (TPSA) is 95.2 Å². The largest absolute Gasteiger partial charge is 0.336 e. The molecular weight excluding hydrogens is 292 g/mol. The minimum Gasteiger partial charge on any atom is -0.336 e. The van der Waals surface area contributed by atoms with E-state index >= 15 is 0 Å². The second-order valence-corrected chi connectivity index (χ2v) is 7.62. The van der Waals surface area contributed by atoms with Crippen LogP contribution in [0.25, 0.3) is 0 Å². The zero-order valence-corrected chi connectivity index (χ0v) is 13.4. The Hall–Kier alpha value is -1.41. The van der Waals surface area contributed by atoms with Gasteiger partial charge in [-0.05, 0) is 24.8 Å². The molecule has 0 saturated carbocycles. The molecule has 118 valence electrons. The third-order valence-corrected chi connectivity index (χ3v) is 4.29. The van der Waals surface area contributed by atoms with E-state index < -0.39 is 10.0 Å². The van der Waals surface area contributed by atoms with Crippen molar-refractivity contribution in [3.05, 3.63) is 17.5 Å². The standard InChI is InChI=1S/C13H22N4O3S/c1-9(2)11-7-12(15-14-11)13(18)17-6-4-5-10(8-17)16-21(3,19)20/h7,9-10,16H,4-6,8H2,1-3H3,(H,14,15). The minimum absolute atomic E-state index is 0.154. The third kappa shape index (κ3) is 4.28. The molecule has 0 bridgehead atoms. The van der Waals surface area contributed by atoms with Crippen molar-refractivity contribution < 1.29 is 13.2 Å². The monoisotopic (exact) mass is 314 g/mol. The van der Waals surface area contributed by atoms with Crippen LogP contribution in [-0.4, -0.2) is 54.8 Å². The van der Waals surface area contributed by atoms with Gasteiger partial charge < -0.3 is 4.90 Å². The van der Waals surface area contributed by atoms with E-state index in [4.69, 9.17) is 0 Å². The van der Waals surface area contributed by atoms with Crippen molar-refractivity contribution in [2.75, 3.05) is 19.3 Å². The first-order valence-corrected chi connectivity index (χ1v) is 8.97. The number of aromatic nitrogens is 2. The highest BCUT2D eigenvalue weighted by Gasteiger charge is 2.27.